The largest absolute Gasteiger partial charge is 0.416 e. The van der Waals surface area contributed by atoms with E-state index < -0.39 is 206 Å². The normalized spacial score (nSPS) is 18.7. The number of carbonyl (C=O) groups is 2. The summed E-state index contributed by atoms with van der Waals surface area (Å²) in [5.41, 5.74) is -11.7. The fraction of sp³-hybridized carbons (Fsp3) is 0.378. The van der Waals surface area contributed by atoms with Gasteiger partial charge in [0.1, 0.15) is 24.7 Å². The van der Waals surface area contributed by atoms with Gasteiger partial charge < -0.3 is 28.7 Å². The zero-order valence-corrected chi connectivity index (χ0v) is 54.7. The van der Waals surface area contributed by atoms with Crippen molar-refractivity contribution >= 4 is 35.3 Å². The van der Waals surface area contributed by atoms with E-state index in [9.17, 15) is 54.3 Å². The van der Waals surface area contributed by atoms with Crippen LogP contribution in [0.15, 0.2) is 159 Å². The van der Waals surface area contributed by atoms with Gasteiger partial charge in [-0.1, -0.05) is 155 Å². The molecule has 96 heavy (non-hydrogen) atoms. The lowest BCUT2D eigenvalue weighted by Gasteiger charge is -2.28. The van der Waals surface area contributed by atoms with Crippen molar-refractivity contribution in [3.63, 3.8) is 0 Å². The Morgan fingerprint density at radius 2 is 1.06 bits per heavy atom. The topological polar surface area (TPSA) is 117 Å². The molecule has 0 aliphatic heterocycles. The van der Waals surface area contributed by atoms with Gasteiger partial charge in [0, 0.05) is 85.5 Å². The predicted octanol–water partition coefficient (Wildman–Crippen LogP) is 15.0. The van der Waals surface area contributed by atoms with Crippen LogP contribution in [0, 0.1) is 24.5 Å². The van der Waals surface area contributed by atoms with E-state index in [2.05, 4.69) is 14.9 Å². The maximum Gasteiger partial charge on any atom is 0.416 e. The van der Waals surface area contributed by atoms with Gasteiger partial charge in [0.2, 0.25) is 11.8 Å². The first-order valence-corrected chi connectivity index (χ1v) is 32.2. The van der Waals surface area contributed by atoms with Crippen molar-refractivity contribution in [2.24, 2.45) is 5.89 Å². The summed E-state index contributed by atoms with van der Waals surface area (Å²) in [5, 5.41) is -0.811. The highest BCUT2D eigenvalue weighted by Crippen LogP contribution is 2.36. The van der Waals surface area contributed by atoms with Gasteiger partial charge >= 0.3 is 12.4 Å². The minimum atomic E-state index is -5.13. The molecule has 0 fully saturated rings. The third-order valence-electron chi connectivity index (χ3n) is 15.8. The molecule has 2 heterocycles. The summed E-state index contributed by atoms with van der Waals surface area (Å²) < 4.78 is 283. The summed E-state index contributed by atoms with van der Waals surface area (Å²) in [4.78, 5) is 70.4. The van der Waals surface area contributed by atoms with Crippen LogP contribution in [0.25, 0.3) is 22.3 Å². The number of fused-ring (bicyclic) bond motifs is 2. The molecule has 1 unspecified atom stereocenters. The van der Waals surface area contributed by atoms with Gasteiger partial charge in [0.05, 0.1) is 26.2 Å². The van der Waals surface area contributed by atoms with Crippen LogP contribution >= 0.6 is 23.5 Å². The Balaban J connectivity index is 0.000000269. The summed E-state index contributed by atoms with van der Waals surface area (Å²) in [5.74, 6) is -6.13. The molecule has 2 aromatic heterocycles. The van der Waals surface area contributed by atoms with Crippen LogP contribution in [-0.4, -0.2) is 103 Å². The molecule has 12 nitrogen and oxygen atoms in total. The van der Waals surface area contributed by atoms with Crippen molar-refractivity contribution in [1.29, 1.82) is 0 Å². The number of halogens is 8. The summed E-state index contributed by atoms with van der Waals surface area (Å²) in [6.07, 6.45) is -14.2. The summed E-state index contributed by atoms with van der Waals surface area (Å²) in [6.45, 7) is 10.9. The van der Waals surface area contributed by atoms with E-state index in [-0.39, 0.29) is 54.6 Å². The van der Waals surface area contributed by atoms with Gasteiger partial charge in [-0.2, -0.15) is 36.3 Å². The van der Waals surface area contributed by atoms with E-state index in [4.69, 9.17) is 27.4 Å². The molecule has 0 radical (unpaired) electrons. The fourth-order valence-corrected chi connectivity index (χ4v) is 11.9. The van der Waals surface area contributed by atoms with Crippen LogP contribution in [0.5, 0.6) is 0 Å². The maximum atomic E-state index is 14.7. The monoisotopic (exact) mass is 1380 g/mol. The molecule has 6 aromatic carbocycles. The molecule has 22 heteroatoms. The molecule has 2 aliphatic rings. The van der Waals surface area contributed by atoms with Crippen molar-refractivity contribution < 1.29 is 72.1 Å². The minimum Gasteiger partial charge on any atom is -0.336 e. The van der Waals surface area contributed by atoms with E-state index in [1.807, 2.05) is 32.6 Å². The lowest BCUT2D eigenvalue weighted by atomic mass is 9.98. The van der Waals surface area contributed by atoms with E-state index >= 15 is 0 Å². The van der Waals surface area contributed by atoms with Crippen molar-refractivity contribution in [3.8, 4) is 22.3 Å². The minimum absolute atomic E-state index is 0.127. The molecular weight excluding hydrogens is 1280 g/mol. The smallest absolute Gasteiger partial charge is 0.336 e. The molecule has 0 saturated heterocycles. The second-order valence-electron chi connectivity index (χ2n) is 22.1. The predicted molar refractivity (Wildman–Crippen MR) is 362 cm³/mol. The SMILES string of the molecule is [2H]c1c([2H])c(-c2c([2H])c([2H])c(C(F)(F)F)c(C)c2[2H])c([2H])c([2H])c1CN(CCN(CC)CC)C(=O)Cn1c(SC([2H])([2H])c2ccc(F)cc2)nc(=O)c2c1C([2H])([2H])C([2H])(C)C2([2H])[2H].[2H]c1c([2H])c(C([2H])([2H])Sc2nc(=O)c3c(n2CC(=O)N(CCN(CC)CC)Cc2ccc(-c4ccc(C(F)(F)F)cc4)cc2)CCC3)c([2H])c([2H])c1F. The summed E-state index contributed by atoms with van der Waals surface area (Å²) >= 11 is 0.585. The average molecular weight is 1380 g/mol. The Hall–Kier alpha value is -7.92. The maximum absolute atomic E-state index is 14.7. The number of amides is 2. The third-order valence-corrected chi connectivity index (χ3v) is 17.4. The first-order chi connectivity index (χ1) is 53.9. The first-order valence-electron chi connectivity index (χ1n) is 40.6. The second-order valence-corrected chi connectivity index (χ2v) is 23.7. The van der Waals surface area contributed by atoms with E-state index in [0.29, 0.717) is 79.6 Å². The zero-order chi connectivity index (χ0) is 86.5. The standard InChI is InChI=1S/C38H42F4N4O2S.C36H38F4N4O2S/c1-5-44(6-2)17-18-45(22-27-7-11-29(12-8-27)30-13-16-33(26(4)21-30)38(40,41)42)35(47)23-46-34-20-25(3)19-32(34)36(48)43-37(46)49-24-28-9-14-31(39)15-10-28;1-3-42(4-2)20-21-43(22-25-8-12-27(13-9-25)28-14-16-29(17-15-28)36(38,39)40)33(45)23-44-32-7-5-6-31(32)34(46)41-35(44)47-24-26-10-18-30(37)19-11-26/h7-16,21,25H,5-6,17-20,22-24H2,1-4H3;8-19H,3-7,20-24H2,1-2H3/i7D,8D,11D,12D,13D,16D,19D2,20D2,21D,24D2,25D;10D,11D,18D,19D,24D2. The van der Waals surface area contributed by atoms with Crippen molar-refractivity contribution in [3.05, 3.63) is 233 Å². The van der Waals surface area contributed by atoms with E-state index in [1.165, 1.54) is 16.7 Å². The first kappa shape index (κ1) is 49.6. The molecule has 2 aliphatic carbocycles. The zero-order valence-electron chi connectivity index (χ0n) is 73.1. The number of hydrogen-bond acceptors (Lipinski definition) is 10. The number of carbonyl (C=O) groups excluding carboxylic acids is 2. The Labute approximate surface area is 591 Å². The molecule has 0 spiro atoms. The number of hydrogen-bond donors (Lipinski definition) is 0. The van der Waals surface area contributed by atoms with Gasteiger partial charge in [-0.05, 0) is 163 Å². The average Bonchev–Trinajstić information content (AvgIpc) is 1.52. The molecule has 10 rings (SSSR count). The van der Waals surface area contributed by atoms with E-state index in [0.717, 1.165) is 78.4 Å². The molecule has 8 aromatic rings. The number of alkyl halides is 6. The molecule has 0 saturated carbocycles. The number of aromatic nitrogens is 4. The Morgan fingerprint density at radius 3 is 1.60 bits per heavy atom. The van der Waals surface area contributed by atoms with Gasteiger partial charge in [0.25, 0.3) is 11.1 Å². The number of benzene rings is 6. The number of likely N-dealkylation sites (N-methyl/N-ethyl adjacent to an activating group) is 2. The van der Waals surface area contributed by atoms with Crippen LogP contribution in [0.1, 0.15) is 130 Å². The summed E-state index contributed by atoms with van der Waals surface area (Å²) in [7, 11) is 0. The third kappa shape index (κ3) is 19.0. The van der Waals surface area contributed by atoms with Crippen LogP contribution in [0.2, 0.25) is 0 Å². The highest BCUT2D eigenvalue weighted by Gasteiger charge is 2.34. The lowest BCUT2D eigenvalue weighted by molar-refractivity contribution is -0.138. The lowest BCUT2D eigenvalue weighted by Crippen LogP contribution is -2.40. The summed E-state index contributed by atoms with van der Waals surface area (Å²) in [6, 6.07) is 5.42. The Kier molecular flexibility index (Phi) is 17.0. The fourth-order valence-electron chi connectivity index (χ4n) is 10.5. The van der Waals surface area contributed by atoms with Crippen molar-refractivity contribution in [2.75, 3.05) is 52.4 Å². The molecule has 0 N–H and O–H groups in total. The highest BCUT2D eigenvalue weighted by molar-refractivity contribution is 7.98. The quantitative estimate of drug-likeness (QED) is 0.0295. The molecule has 0 bridgehead atoms. The van der Waals surface area contributed by atoms with Crippen molar-refractivity contribution in [2.45, 2.75) is 134 Å². The molecule has 2 amide bonds. The Morgan fingerprint density at radius 1 is 0.573 bits per heavy atom. The molecular formula is C74H80F8N8O4S2. The molecule has 1 atom stereocenters. The van der Waals surface area contributed by atoms with Crippen molar-refractivity contribution in [1.82, 2.24) is 38.7 Å². The number of thioether (sulfide) groups is 2. The van der Waals surface area contributed by atoms with Gasteiger partial charge in [-0.25, -0.2) is 8.78 Å². The van der Waals surface area contributed by atoms with E-state index in [1.54, 1.807) is 29.2 Å². The van der Waals surface area contributed by atoms with Crippen LogP contribution in [0.4, 0.5) is 35.1 Å². The second kappa shape index (κ2) is 32.9. The van der Waals surface area contributed by atoms with Gasteiger partial charge in [0.15, 0.2) is 10.3 Å². The van der Waals surface area contributed by atoms with Gasteiger partial charge in [-0.3, -0.25) is 19.2 Å². The van der Waals surface area contributed by atoms with Gasteiger partial charge in [-0.15, -0.1) is 0 Å². The van der Waals surface area contributed by atoms with Crippen LogP contribution in [-0.2, 0) is 85.1 Å². The molecule has 508 valence electrons. The highest BCUT2D eigenvalue weighted by atomic mass is 32.2. The number of rotatable bonds is 26. The number of nitrogens with zero attached hydrogens (tertiary/aromatic N) is 8. The van der Waals surface area contributed by atoms with Crippen LogP contribution in [0.3, 0.4) is 0 Å². The Bertz CT molecular complexity index is 5130. The van der Waals surface area contributed by atoms with Crippen LogP contribution < -0.4 is 11.1 Å².